The second kappa shape index (κ2) is 4.87. The molecule has 0 aliphatic carbocycles. The van der Waals surface area contributed by atoms with Gasteiger partial charge < -0.3 is 9.84 Å². The number of phenols is 1. The second-order valence-electron chi connectivity index (χ2n) is 3.62. The summed E-state index contributed by atoms with van der Waals surface area (Å²) < 4.78 is 19.0. The molecule has 17 heavy (non-hydrogen) atoms. The highest BCUT2D eigenvalue weighted by Gasteiger charge is 2.06. The fourth-order valence-corrected chi connectivity index (χ4v) is 1.66. The Labute approximate surface area is 99.3 Å². The van der Waals surface area contributed by atoms with Crippen LogP contribution in [0.15, 0.2) is 42.5 Å². The lowest BCUT2D eigenvalue weighted by Gasteiger charge is -2.07. The van der Waals surface area contributed by atoms with Gasteiger partial charge in [0.25, 0.3) is 0 Å². The molecule has 0 unspecified atom stereocenters. The predicted molar refractivity (Wildman–Crippen MR) is 64.7 cm³/mol. The van der Waals surface area contributed by atoms with Crippen molar-refractivity contribution in [2.75, 3.05) is 6.61 Å². The molecule has 2 aromatic carbocycles. The van der Waals surface area contributed by atoms with Crippen LogP contribution in [0.4, 0.5) is 4.39 Å². The maximum atomic E-state index is 13.7. The summed E-state index contributed by atoms with van der Waals surface area (Å²) in [6.07, 6.45) is 0. The van der Waals surface area contributed by atoms with E-state index in [0.29, 0.717) is 17.9 Å². The zero-order valence-corrected chi connectivity index (χ0v) is 9.48. The van der Waals surface area contributed by atoms with Crippen molar-refractivity contribution in [3.8, 4) is 22.6 Å². The van der Waals surface area contributed by atoms with E-state index < -0.39 is 5.82 Å². The van der Waals surface area contributed by atoms with Gasteiger partial charge in [-0.15, -0.1) is 0 Å². The van der Waals surface area contributed by atoms with Crippen LogP contribution in [0.5, 0.6) is 11.5 Å². The first-order valence-corrected chi connectivity index (χ1v) is 5.42. The Balaban J connectivity index is 2.42. The van der Waals surface area contributed by atoms with Gasteiger partial charge in [0.05, 0.1) is 6.61 Å². The second-order valence-corrected chi connectivity index (χ2v) is 3.62. The van der Waals surface area contributed by atoms with E-state index in [0.717, 1.165) is 11.6 Å². The minimum atomic E-state index is -0.446. The van der Waals surface area contributed by atoms with Crippen molar-refractivity contribution in [3.63, 3.8) is 0 Å². The molecule has 0 radical (unpaired) electrons. The number of rotatable bonds is 3. The molecule has 1 N–H and O–H groups in total. The average Bonchev–Trinajstić information content (AvgIpc) is 2.29. The molecule has 3 heteroatoms. The maximum absolute atomic E-state index is 13.7. The van der Waals surface area contributed by atoms with Gasteiger partial charge in [-0.05, 0) is 36.8 Å². The van der Waals surface area contributed by atoms with E-state index in [1.807, 2.05) is 19.1 Å². The molecule has 2 rings (SSSR count). The van der Waals surface area contributed by atoms with Gasteiger partial charge in [-0.2, -0.15) is 0 Å². The summed E-state index contributed by atoms with van der Waals surface area (Å²) in [5.74, 6) is 0.184. The van der Waals surface area contributed by atoms with Crippen LogP contribution in [0.3, 0.4) is 0 Å². The number of phenolic OH excluding ortho intramolecular Hbond substituents is 1. The number of hydrogen-bond acceptors (Lipinski definition) is 2. The fourth-order valence-electron chi connectivity index (χ4n) is 1.66. The number of aromatic hydroxyl groups is 1. The zero-order valence-electron chi connectivity index (χ0n) is 9.48. The minimum absolute atomic E-state index is 0.0767. The molecule has 0 saturated carbocycles. The normalized spacial score (nSPS) is 10.2. The first-order valence-electron chi connectivity index (χ1n) is 5.42. The first kappa shape index (κ1) is 11.5. The molecule has 2 nitrogen and oxygen atoms in total. The molecule has 2 aromatic rings. The van der Waals surface area contributed by atoms with Gasteiger partial charge in [0.2, 0.25) is 0 Å². The lowest BCUT2D eigenvalue weighted by molar-refractivity contribution is 0.340. The summed E-state index contributed by atoms with van der Waals surface area (Å²) in [6.45, 7) is 2.47. The smallest absolute Gasteiger partial charge is 0.134 e. The quantitative estimate of drug-likeness (QED) is 0.876. The molecule has 88 valence electrons. The van der Waals surface area contributed by atoms with Gasteiger partial charge >= 0.3 is 0 Å². The summed E-state index contributed by atoms with van der Waals surface area (Å²) in [5.41, 5.74) is 1.18. The van der Waals surface area contributed by atoms with E-state index in [1.54, 1.807) is 18.2 Å². The first-order chi connectivity index (χ1) is 8.20. The molecule has 0 spiro atoms. The third-order valence-corrected chi connectivity index (χ3v) is 2.41. The van der Waals surface area contributed by atoms with Crippen molar-refractivity contribution >= 4 is 0 Å². The molecule has 0 amide bonds. The monoisotopic (exact) mass is 232 g/mol. The van der Waals surface area contributed by atoms with Gasteiger partial charge in [0.1, 0.15) is 17.3 Å². The van der Waals surface area contributed by atoms with Crippen LogP contribution in [-0.4, -0.2) is 11.7 Å². The average molecular weight is 232 g/mol. The highest BCUT2D eigenvalue weighted by molar-refractivity contribution is 5.66. The van der Waals surface area contributed by atoms with Crippen LogP contribution < -0.4 is 4.74 Å². The van der Waals surface area contributed by atoms with Crippen LogP contribution in [0.1, 0.15) is 6.92 Å². The predicted octanol–water partition coefficient (Wildman–Crippen LogP) is 3.60. The fraction of sp³-hybridized carbons (Fsp3) is 0.143. The topological polar surface area (TPSA) is 29.5 Å². The standard InChI is InChI=1S/C14H13FO2/c1-2-17-12-5-3-4-10(8-12)13-7-6-11(16)9-14(13)15/h3-9,16H,2H2,1H3. The highest BCUT2D eigenvalue weighted by atomic mass is 19.1. The number of benzene rings is 2. The van der Waals surface area contributed by atoms with Crippen molar-refractivity contribution in [1.82, 2.24) is 0 Å². The zero-order chi connectivity index (χ0) is 12.3. The summed E-state index contributed by atoms with van der Waals surface area (Å²) >= 11 is 0. The molecule has 0 aliphatic rings. The van der Waals surface area contributed by atoms with Crippen molar-refractivity contribution in [2.24, 2.45) is 0 Å². The Morgan fingerprint density at radius 2 is 2.00 bits per heavy atom. The van der Waals surface area contributed by atoms with E-state index in [4.69, 9.17) is 9.84 Å². The summed E-state index contributed by atoms with van der Waals surface area (Å²) in [5, 5.41) is 9.16. The maximum Gasteiger partial charge on any atom is 0.134 e. The summed E-state index contributed by atoms with van der Waals surface area (Å²) in [4.78, 5) is 0. The van der Waals surface area contributed by atoms with Crippen LogP contribution >= 0.6 is 0 Å². The van der Waals surface area contributed by atoms with Crippen molar-refractivity contribution in [1.29, 1.82) is 0 Å². The summed E-state index contributed by atoms with van der Waals surface area (Å²) in [7, 11) is 0. The third kappa shape index (κ3) is 2.56. The summed E-state index contributed by atoms with van der Waals surface area (Å²) in [6, 6.07) is 11.3. The van der Waals surface area contributed by atoms with Gasteiger partial charge in [-0.1, -0.05) is 12.1 Å². The van der Waals surface area contributed by atoms with Crippen LogP contribution in [0.25, 0.3) is 11.1 Å². The Kier molecular flexibility index (Phi) is 3.28. The largest absolute Gasteiger partial charge is 0.508 e. The lowest BCUT2D eigenvalue weighted by Crippen LogP contribution is -1.91. The van der Waals surface area contributed by atoms with Crippen LogP contribution in [0, 0.1) is 5.82 Å². The highest BCUT2D eigenvalue weighted by Crippen LogP contribution is 2.28. The van der Waals surface area contributed by atoms with Crippen molar-refractivity contribution < 1.29 is 14.2 Å². The lowest BCUT2D eigenvalue weighted by atomic mass is 10.0. The molecule has 0 atom stereocenters. The van der Waals surface area contributed by atoms with E-state index in [2.05, 4.69) is 0 Å². The van der Waals surface area contributed by atoms with Crippen LogP contribution in [-0.2, 0) is 0 Å². The Bertz CT molecular complexity index is 523. The van der Waals surface area contributed by atoms with Gasteiger partial charge in [-0.3, -0.25) is 0 Å². The molecule has 0 aliphatic heterocycles. The molecular formula is C14H13FO2. The SMILES string of the molecule is CCOc1cccc(-c2ccc(O)cc2F)c1. The van der Waals surface area contributed by atoms with Crippen molar-refractivity contribution in [3.05, 3.63) is 48.3 Å². The van der Waals surface area contributed by atoms with E-state index >= 15 is 0 Å². The van der Waals surface area contributed by atoms with Gasteiger partial charge in [0, 0.05) is 11.6 Å². The Morgan fingerprint density at radius 1 is 1.18 bits per heavy atom. The number of ether oxygens (including phenoxy) is 1. The molecule has 0 fully saturated rings. The molecule has 0 bridgehead atoms. The number of halogens is 1. The Hall–Kier alpha value is -2.03. The van der Waals surface area contributed by atoms with Crippen LogP contribution in [0.2, 0.25) is 0 Å². The Morgan fingerprint density at radius 3 is 2.71 bits per heavy atom. The number of hydrogen-bond donors (Lipinski definition) is 1. The van der Waals surface area contributed by atoms with E-state index in [-0.39, 0.29) is 5.75 Å². The van der Waals surface area contributed by atoms with E-state index in [1.165, 1.54) is 6.07 Å². The van der Waals surface area contributed by atoms with E-state index in [9.17, 15) is 4.39 Å². The van der Waals surface area contributed by atoms with Gasteiger partial charge in [-0.25, -0.2) is 4.39 Å². The third-order valence-electron chi connectivity index (χ3n) is 2.41. The minimum Gasteiger partial charge on any atom is -0.508 e. The molecular weight excluding hydrogens is 219 g/mol. The van der Waals surface area contributed by atoms with Gasteiger partial charge in [0.15, 0.2) is 0 Å². The molecule has 0 heterocycles. The molecule has 0 aromatic heterocycles. The molecule has 0 saturated heterocycles. The van der Waals surface area contributed by atoms with Crippen molar-refractivity contribution in [2.45, 2.75) is 6.92 Å².